The van der Waals surface area contributed by atoms with Gasteiger partial charge in [-0.2, -0.15) is 0 Å². The van der Waals surface area contributed by atoms with Gasteiger partial charge in [-0.05, 0) is 61.4 Å². The van der Waals surface area contributed by atoms with Gasteiger partial charge >= 0.3 is 5.97 Å². The van der Waals surface area contributed by atoms with Gasteiger partial charge in [0.15, 0.2) is 23.0 Å². The third-order valence-corrected chi connectivity index (χ3v) is 9.41. The lowest BCUT2D eigenvalue weighted by molar-refractivity contribution is 0.0730. The highest BCUT2D eigenvalue weighted by Crippen LogP contribution is 2.37. The zero-order valence-electron chi connectivity index (χ0n) is 34.5. The number of hydrogen-bond donors (Lipinski definition) is 0. The molecule has 304 valence electrons. The van der Waals surface area contributed by atoms with Gasteiger partial charge in [-0.1, -0.05) is 77.1 Å². The fourth-order valence-corrected chi connectivity index (χ4v) is 6.05. The first-order valence-electron chi connectivity index (χ1n) is 19.8. The van der Waals surface area contributed by atoms with E-state index in [2.05, 4.69) is 25.7 Å². The topological polar surface area (TPSA) is 102 Å². The van der Waals surface area contributed by atoms with Gasteiger partial charge in [0, 0.05) is 48.1 Å². The number of carbonyl (C=O) groups excluding carboxylic acids is 2. The Morgan fingerprint density at radius 3 is 1.44 bits per heavy atom. The second kappa shape index (κ2) is 23.3. The number of ether oxygens (including phenoxy) is 7. The summed E-state index contributed by atoms with van der Waals surface area (Å²) in [7, 11) is 7.82. The van der Waals surface area contributed by atoms with Crippen molar-refractivity contribution in [3.8, 4) is 52.1 Å². The van der Waals surface area contributed by atoms with Crippen molar-refractivity contribution in [2.45, 2.75) is 78.1 Å². The molecule has 1 amide bonds. The molecule has 0 heterocycles. The maximum absolute atomic E-state index is 13.7. The van der Waals surface area contributed by atoms with E-state index in [1.54, 1.807) is 67.6 Å². The summed E-state index contributed by atoms with van der Waals surface area (Å²) in [5.74, 6) is 8.46. The normalized spacial score (nSPS) is 10.5. The Kier molecular flexibility index (Phi) is 17.9. The molecule has 0 bridgehead atoms. The molecule has 4 aromatic rings. The zero-order valence-corrected chi connectivity index (χ0v) is 34.5. The van der Waals surface area contributed by atoms with Crippen LogP contribution in [-0.4, -0.2) is 60.6 Å². The number of anilines is 1. The number of rotatable bonds is 22. The van der Waals surface area contributed by atoms with E-state index < -0.39 is 5.97 Å². The number of hydrogen-bond acceptors (Lipinski definition) is 9. The molecule has 57 heavy (non-hydrogen) atoms. The summed E-state index contributed by atoms with van der Waals surface area (Å²) in [4.78, 5) is 28.4. The first-order valence-corrected chi connectivity index (χ1v) is 19.8. The van der Waals surface area contributed by atoms with Crippen molar-refractivity contribution < 1.29 is 42.7 Å². The van der Waals surface area contributed by atoms with E-state index in [0.717, 1.165) is 36.8 Å². The number of amides is 1. The SMILES string of the molecule is CCCCCCCOc1cc(OC)c(C(=O)Oc2ccc(C#Cc3ccc(N(C)C(=O)c4cc(OC)c(OCCCCCCC)cc4OC)cc3)cc2)cc1OC. The molecular formula is C47H57NO9. The Balaban J connectivity index is 1.37. The number of methoxy groups -OCH3 is 4. The lowest BCUT2D eigenvalue weighted by atomic mass is 10.1. The summed E-state index contributed by atoms with van der Waals surface area (Å²) in [6, 6.07) is 20.9. The summed E-state index contributed by atoms with van der Waals surface area (Å²) < 4.78 is 39.8. The van der Waals surface area contributed by atoms with Crippen LogP contribution >= 0.6 is 0 Å². The number of nitrogens with zero attached hydrogens (tertiary/aromatic N) is 1. The van der Waals surface area contributed by atoms with Crippen LogP contribution in [0.15, 0.2) is 72.8 Å². The van der Waals surface area contributed by atoms with Crippen LogP contribution in [0.4, 0.5) is 5.69 Å². The number of carbonyl (C=O) groups is 2. The monoisotopic (exact) mass is 779 g/mol. The van der Waals surface area contributed by atoms with Crippen molar-refractivity contribution in [2.24, 2.45) is 0 Å². The number of benzene rings is 4. The molecule has 0 aliphatic heterocycles. The Hall–Kier alpha value is -5.82. The summed E-state index contributed by atoms with van der Waals surface area (Å²) in [6.45, 7) is 5.48. The van der Waals surface area contributed by atoms with Crippen LogP contribution in [0.3, 0.4) is 0 Å². The molecule has 0 spiro atoms. The first-order chi connectivity index (χ1) is 27.8. The third-order valence-electron chi connectivity index (χ3n) is 9.41. The van der Waals surface area contributed by atoms with E-state index in [4.69, 9.17) is 33.2 Å². The molecule has 0 aliphatic rings. The standard InChI is InChI=1S/C47H57NO9/c1-8-10-12-14-16-28-55-44-32-40(51-4)38(30-42(44)53-6)46(49)48(3)36-24-20-34(21-25-36)18-19-35-22-26-37(27-23-35)57-47(50)39-31-43(54-7)45(33-41(39)52-5)56-29-17-15-13-11-9-2/h20-27,30-33H,8-17,28-29H2,1-7H3. The maximum Gasteiger partial charge on any atom is 0.347 e. The fourth-order valence-electron chi connectivity index (χ4n) is 6.05. The largest absolute Gasteiger partial charge is 0.496 e. The fraction of sp³-hybridized carbons (Fsp3) is 0.404. The van der Waals surface area contributed by atoms with Crippen molar-refractivity contribution in [2.75, 3.05) is 53.6 Å². The highest BCUT2D eigenvalue weighted by Gasteiger charge is 2.23. The maximum atomic E-state index is 13.7. The van der Waals surface area contributed by atoms with Gasteiger partial charge in [-0.15, -0.1) is 0 Å². The van der Waals surface area contributed by atoms with Crippen LogP contribution < -0.4 is 38.1 Å². The summed E-state index contributed by atoms with van der Waals surface area (Å²) in [6.07, 6.45) is 11.2. The van der Waals surface area contributed by atoms with Gasteiger partial charge in [0.25, 0.3) is 5.91 Å². The minimum Gasteiger partial charge on any atom is -0.496 e. The molecule has 0 saturated carbocycles. The quantitative estimate of drug-likeness (QED) is 0.0334. The molecule has 0 unspecified atom stereocenters. The van der Waals surface area contributed by atoms with Gasteiger partial charge in [0.2, 0.25) is 0 Å². The molecule has 0 fully saturated rings. The molecule has 0 atom stereocenters. The van der Waals surface area contributed by atoms with Crippen LogP contribution in [0.5, 0.6) is 40.2 Å². The molecule has 0 radical (unpaired) electrons. The number of esters is 1. The Morgan fingerprint density at radius 1 is 0.526 bits per heavy atom. The third kappa shape index (κ3) is 12.9. The summed E-state index contributed by atoms with van der Waals surface area (Å²) in [5, 5.41) is 0. The van der Waals surface area contributed by atoms with Crippen LogP contribution in [0, 0.1) is 11.8 Å². The van der Waals surface area contributed by atoms with E-state index in [9.17, 15) is 9.59 Å². The van der Waals surface area contributed by atoms with Crippen molar-refractivity contribution in [1.82, 2.24) is 0 Å². The van der Waals surface area contributed by atoms with Gasteiger partial charge in [-0.25, -0.2) is 4.79 Å². The zero-order chi connectivity index (χ0) is 41.0. The van der Waals surface area contributed by atoms with Crippen molar-refractivity contribution in [3.63, 3.8) is 0 Å². The van der Waals surface area contributed by atoms with Gasteiger partial charge < -0.3 is 38.1 Å². The average molecular weight is 780 g/mol. The molecular weight excluding hydrogens is 723 g/mol. The van der Waals surface area contributed by atoms with E-state index in [0.29, 0.717) is 64.7 Å². The van der Waals surface area contributed by atoms with E-state index in [1.807, 2.05) is 24.3 Å². The van der Waals surface area contributed by atoms with Crippen LogP contribution in [0.2, 0.25) is 0 Å². The molecule has 4 rings (SSSR count). The molecule has 4 aromatic carbocycles. The second-order valence-corrected chi connectivity index (χ2v) is 13.5. The Morgan fingerprint density at radius 2 is 0.965 bits per heavy atom. The summed E-state index contributed by atoms with van der Waals surface area (Å²) in [5.41, 5.74) is 2.74. The molecule has 0 N–H and O–H groups in total. The smallest absolute Gasteiger partial charge is 0.347 e. The van der Waals surface area contributed by atoms with Crippen molar-refractivity contribution in [3.05, 3.63) is 95.1 Å². The predicted molar refractivity (Wildman–Crippen MR) is 224 cm³/mol. The lowest BCUT2D eigenvalue weighted by Crippen LogP contribution is -2.26. The van der Waals surface area contributed by atoms with Crippen LogP contribution in [0.25, 0.3) is 0 Å². The Bertz CT molecular complexity index is 1950. The van der Waals surface area contributed by atoms with E-state index in [1.165, 1.54) is 59.9 Å². The number of unbranched alkanes of at least 4 members (excludes halogenated alkanes) is 8. The van der Waals surface area contributed by atoms with Crippen molar-refractivity contribution >= 4 is 17.6 Å². The van der Waals surface area contributed by atoms with Crippen molar-refractivity contribution in [1.29, 1.82) is 0 Å². The summed E-state index contributed by atoms with van der Waals surface area (Å²) >= 11 is 0. The van der Waals surface area contributed by atoms with Crippen LogP contribution in [-0.2, 0) is 0 Å². The minimum absolute atomic E-state index is 0.217. The molecule has 0 aliphatic carbocycles. The molecule has 0 aromatic heterocycles. The average Bonchev–Trinajstić information content (AvgIpc) is 3.24. The van der Waals surface area contributed by atoms with Gasteiger partial charge in [-0.3, -0.25) is 4.79 Å². The first kappa shape index (κ1) is 43.9. The lowest BCUT2D eigenvalue weighted by Gasteiger charge is -2.20. The van der Waals surface area contributed by atoms with E-state index in [-0.39, 0.29) is 11.5 Å². The van der Waals surface area contributed by atoms with Gasteiger partial charge in [0.05, 0.1) is 47.2 Å². The van der Waals surface area contributed by atoms with Gasteiger partial charge in [0.1, 0.15) is 22.8 Å². The predicted octanol–water partition coefficient (Wildman–Crippen LogP) is 10.3. The molecule has 10 heteroatoms. The second-order valence-electron chi connectivity index (χ2n) is 13.5. The van der Waals surface area contributed by atoms with Crippen LogP contribution in [0.1, 0.15) is 110 Å². The highest BCUT2D eigenvalue weighted by molar-refractivity contribution is 6.08. The molecule has 10 nitrogen and oxygen atoms in total. The molecule has 0 saturated heterocycles. The van der Waals surface area contributed by atoms with E-state index >= 15 is 0 Å². The Labute approximate surface area is 338 Å². The minimum atomic E-state index is -0.592. The highest BCUT2D eigenvalue weighted by atomic mass is 16.5.